The largest absolute Gasteiger partial charge is 0.497 e. The average Bonchev–Trinajstić information content (AvgIpc) is 2.78. The minimum absolute atomic E-state index is 0.0107. The van der Waals surface area contributed by atoms with E-state index in [9.17, 15) is 13.2 Å². The molecule has 0 saturated carbocycles. The van der Waals surface area contributed by atoms with Crippen molar-refractivity contribution >= 4 is 27.7 Å². The Morgan fingerprint density at radius 2 is 1.67 bits per heavy atom. The minimum atomic E-state index is -3.76. The van der Waals surface area contributed by atoms with Crippen LogP contribution in [0.4, 0.5) is 0 Å². The SMILES string of the molecule is COc1ccc(OC)c(S(=O)(=O)N2CCN(C(=O)CSc3ccc(C)cc3)CC2)c1. The highest BCUT2D eigenvalue weighted by Crippen LogP contribution is 2.31. The first-order chi connectivity index (χ1) is 14.3. The number of rotatable bonds is 7. The minimum Gasteiger partial charge on any atom is -0.497 e. The number of ether oxygens (including phenoxy) is 2. The van der Waals surface area contributed by atoms with Gasteiger partial charge in [-0.3, -0.25) is 4.79 Å². The lowest BCUT2D eigenvalue weighted by molar-refractivity contribution is -0.129. The Morgan fingerprint density at radius 1 is 1.00 bits per heavy atom. The second-order valence-electron chi connectivity index (χ2n) is 6.90. The van der Waals surface area contributed by atoms with Crippen LogP contribution in [-0.2, 0) is 14.8 Å². The van der Waals surface area contributed by atoms with Crippen LogP contribution in [-0.4, -0.2) is 69.7 Å². The molecule has 7 nitrogen and oxygen atoms in total. The first kappa shape index (κ1) is 22.5. The maximum atomic E-state index is 13.1. The summed E-state index contributed by atoms with van der Waals surface area (Å²) in [7, 11) is -0.844. The van der Waals surface area contributed by atoms with Crippen LogP contribution in [0, 0.1) is 6.92 Å². The van der Waals surface area contributed by atoms with Crippen molar-refractivity contribution < 1.29 is 22.7 Å². The summed E-state index contributed by atoms with van der Waals surface area (Å²) in [4.78, 5) is 15.4. The van der Waals surface area contributed by atoms with Crippen LogP contribution < -0.4 is 9.47 Å². The smallest absolute Gasteiger partial charge is 0.247 e. The molecule has 0 aliphatic carbocycles. The van der Waals surface area contributed by atoms with Crippen LogP contribution in [0.3, 0.4) is 0 Å². The molecule has 1 aliphatic heterocycles. The molecule has 0 N–H and O–H groups in total. The van der Waals surface area contributed by atoms with Crippen molar-refractivity contribution in [2.45, 2.75) is 16.7 Å². The van der Waals surface area contributed by atoms with Gasteiger partial charge in [0.25, 0.3) is 0 Å². The number of hydrogen-bond donors (Lipinski definition) is 0. The van der Waals surface area contributed by atoms with Gasteiger partial charge in [-0.15, -0.1) is 11.8 Å². The number of thioether (sulfide) groups is 1. The zero-order chi connectivity index (χ0) is 21.7. The predicted molar refractivity (Wildman–Crippen MR) is 117 cm³/mol. The fourth-order valence-electron chi connectivity index (χ4n) is 3.17. The molecule has 0 bridgehead atoms. The lowest BCUT2D eigenvalue weighted by atomic mass is 10.2. The Morgan fingerprint density at radius 3 is 2.27 bits per heavy atom. The van der Waals surface area contributed by atoms with Gasteiger partial charge in [0.05, 0.1) is 20.0 Å². The van der Waals surface area contributed by atoms with Gasteiger partial charge in [0, 0.05) is 37.1 Å². The summed E-state index contributed by atoms with van der Waals surface area (Å²) in [6, 6.07) is 12.7. The maximum absolute atomic E-state index is 13.1. The first-order valence-electron chi connectivity index (χ1n) is 9.54. The summed E-state index contributed by atoms with van der Waals surface area (Å²) in [5.74, 6) is 1.05. The number of methoxy groups -OCH3 is 2. The fourth-order valence-corrected chi connectivity index (χ4v) is 5.57. The Labute approximate surface area is 182 Å². The topological polar surface area (TPSA) is 76.2 Å². The lowest BCUT2D eigenvalue weighted by Gasteiger charge is -2.34. The number of aryl methyl sites for hydroxylation is 1. The Hall–Kier alpha value is -2.23. The van der Waals surface area contributed by atoms with Gasteiger partial charge in [-0.1, -0.05) is 17.7 Å². The number of hydrogen-bond acceptors (Lipinski definition) is 6. The van der Waals surface area contributed by atoms with E-state index >= 15 is 0 Å². The van der Waals surface area contributed by atoms with Crippen LogP contribution in [0.1, 0.15) is 5.56 Å². The number of nitrogens with zero attached hydrogens (tertiary/aromatic N) is 2. The third-order valence-electron chi connectivity index (χ3n) is 4.96. The Kier molecular flexibility index (Phi) is 7.27. The van der Waals surface area contributed by atoms with E-state index < -0.39 is 10.0 Å². The molecule has 2 aromatic rings. The van der Waals surface area contributed by atoms with Crippen LogP contribution >= 0.6 is 11.8 Å². The molecule has 30 heavy (non-hydrogen) atoms. The first-order valence-corrected chi connectivity index (χ1v) is 12.0. The van der Waals surface area contributed by atoms with Gasteiger partial charge in [0.15, 0.2) is 0 Å². The highest BCUT2D eigenvalue weighted by molar-refractivity contribution is 8.00. The summed E-state index contributed by atoms with van der Waals surface area (Å²) < 4.78 is 38.1. The molecule has 9 heteroatoms. The third-order valence-corrected chi connectivity index (χ3v) is 7.88. The Balaban J connectivity index is 1.61. The van der Waals surface area contributed by atoms with Gasteiger partial charge in [-0.05, 0) is 31.2 Å². The zero-order valence-corrected chi connectivity index (χ0v) is 19.0. The molecule has 162 valence electrons. The van der Waals surface area contributed by atoms with E-state index in [0.717, 1.165) is 4.90 Å². The molecular weight excluding hydrogens is 424 g/mol. The quantitative estimate of drug-likeness (QED) is 0.604. The number of sulfonamides is 1. The summed E-state index contributed by atoms with van der Waals surface area (Å²) in [6.07, 6.45) is 0. The highest BCUT2D eigenvalue weighted by atomic mass is 32.2. The molecule has 1 amide bonds. The molecule has 2 aromatic carbocycles. The number of benzene rings is 2. The maximum Gasteiger partial charge on any atom is 0.247 e. The van der Waals surface area contributed by atoms with E-state index in [1.54, 1.807) is 17.0 Å². The molecule has 0 unspecified atom stereocenters. The van der Waals surface area contributed by atoms with Crippen molar-refractivity contribution in [3.8, 4) is 11.5 Å². The molecular formula is C21H26N2O5S2. The predicted octanol–water partition coefficient (Wildman–Crippen LogP) is 2.64. The standard InChI is InChI=1S/C21H26N2O5S2/c1-16-4-7-18(8-5-16)29-15-21(24)22-10-12-23(13-11-22)30(25,26)20-14-17(27-2)6-9-19(20)28-3/h4-9,14H,10-13,15H2,1-3H3. The molecule has 3 rings (SSSR count). The van der Waals surface area contributed by atoms with Gasteiger partial charge in [-0.2, -0.15) is 4.31 Å². The van der Waals surface area contributed by atoms with E-state index in [4.69, 9.17) is 9.47 Å². The number of carbonyl (C=O) groups excluding carboxylic acids is 1. The van der Waals surface area contributed by atoms with Crippen molar-refractivity contribution in [2.24, 2.45) is 0 Å². The van der Waals surface area contributed by atoms with Gasteiger partial charge in [0.2, 0.25) is 15.9 Å². The molecule has 0 spiro atoms. The monoisotopic (exact) mass is 450 g/mol. The molecule has 1 heterocycles. The van der Waals surface area contributed by atoms with Crippen molar-refractivity contribution in [1.82, 2.24) is 9.21 Å². The van der Waals surface area contributed by atoms with Crippen LogP contribution in [0.2, 0.25) is 0 Å². The molecule has 1 fully saturated rings. The van der Waals surface area contributed by atoms with Gasteiger partial charge in [-0.25, -0.2) is 8.42 Å². The summed E-state index contributed by atoms with van der Waals surface area (Å²) in [5.41, 5.74) is 1.18. The molecule has 1 saturated heterocycles. The van der Waals surface area contributed by atoms with Crippen molar-refractivity contribution in [3.05, 3.63) is 48.0 Å². The van der Waals surface area contributed by atoms with Crippen molar-refractivity contribution in [3.63, 3.8) is 0 Å². The number of piperazine rings is 1. The van der Waals surface area contributed by atoms with E-state index in [1.165, 1.54) is 41.9 Å². The molecule has 0 radical (unpaired) electrons. The van der Waals surface area contributed by atoms with Crippen LogP contribution in [0.15, 0.2) is 52.3 Å². The van der Waals surface area contributed by atoms with E-state index in [0.29, 0.717) is 24.6 Å². The van der Waals surface area contributed by atoms with E-state index in [-0.39, 0.29) is 29.6 Å². The average molecular weight is 451 g/mol. The summed E-state index contributed by atoms with van der Waals surface area (Å²) >= 11 is 1.49. The second kappa shape index (κ2) is 9.72. The van der Waals surface area contributed by atoms with Gasteiger partial charge in [0.1, 0.15) is 16.4 Å². The van der Waals surface area contributed by atoms with Crippen molar-refractivity contribution in [2.75, 3.05) is 46.2 Å². The zero-order valence-electron chi connectivity index (χ0n) is 17.3. The number of carbonyl (C=O) groups is 1. The Bertz CT molecular complexity index is 985. The molecule has 1 aliphatic rings. The van der Waals surface area contributed by atoms with Crippen LogP contribution in [0.5, 0.6) is 11.5 Å². The summed E-state index contributed by atoms with van der Waals surface area (Å²) in [5, 5.41) is 0. The molecule has 0 atom stereocenters. The third kappa shape index (κ3) is 5.08. The normalized spacial score (nSPS) is 15.1. The van der Waals surface area contributed by atoms with E-state index in [2.05, 4.69) is 0 Å². The van der Waals surface area contributed by atoms with Crippen molar-refractivity contribution in [1.29, 1.82) is 0 Å². The molecule has 0 aromatic heterocycles. The number of amides is 1. The van der Waals surface area contributed by atoms with Gasteiger partial charge < -0.3 is 14.4 Å². The lowest BCUT2D eigenvalue weighted by Crippen LogP contribution is -2.51. The van der Waals surface area contributed by atoms with Crippen LogP contribution in [0.25, 0.3) is 0 Å². The fraction of sp³-hybridized carbons (Fsp3) is 0.381. The second-order valence-corrected chi connectivity index (χ2v) is 9.86. The summed E-state index contributed by atoms with van der Waals surface area (Å²) in [6.45, 7) is 3.22. The van der Waals surface area contributed by atoms with E-state index in [1.807, 2.05) is 31.2 Å². The highest BCUT2D eigenvalue weighted by Gasteiger charge is 2.32. The van der Waals surface area contributed by atoms with Gasteiger partial charge >= 0.3 is 0 Å².